The normalized spacial score (nSPS) is 10.2. The maximum Gasteiger partial charge on any atom is 0.253 e. The average molecular weight is 448 g/mol. The summed E-state index contributed by atoms with van der Waals surface area (Å²) in [6.07, 6.45) is 0.147. The first-order chi connectivity index (χ1) is 13.3. The van der Waals surface area contributed by atoms with Crippen LogP contribution in [0.1, 0.15) is 34.1 Å². The SMILES string of the molecule is CCN(CCC(=O)Nc1ccc(C(N)=O)cc1)C(=O)c1ccc(OC)c(Br)c1. The van der Waals surface area contributed by atoms with Gasteiger partial charge in [-0.2, -0.15) is 0 Å². The number of hydrogen-bond acceptors (Lipinski definition) is 4. The van der Waals surface area contributed by atoms with Crippen molar-refractivity contribution < 1.29 is 19.1 Å². The molecule has 0 saturated heterocycles. The fourth-order valence-corrected chi connectivity index (χ4v) is 3.10. The van der Waals surface area contributed by atoms with E-state index in [0.717, 1.165) is 0 Å². The fourth-order valence-electron chi connectivity index (χ4n) is 2.56. The van der Waals surface area contributed by atoms with E-state index in [1.54, 1.807) is 54.5 Å². The van der Waals surface area contributed by atoms with Crippen molar-refractivity contribution in [1.82, 2.24) is 4.90 Å². The Hall–Kier alpha value is -2.87. The second-order valence-corrected chi connectivity index (χ2v) is 6.83. The summed E-state index contributed by atoms with van der Waals surface area (Å²) in [4.78, 5) is 37.5. The molecule has 0 atom stereocenters. The Labute approximate surface area is 172 Å². The molecule has 0 radical (unpaired) electrons. The van der Waals surface area contributed by atoms with Gasteiger partial charge in [0.05, 0.1) is 11.6 Å². The maximum absolute atomic E-state index is 12.7. The fraction of sp³-hybridized carbons (Fsp3) is 0.250. The van der Waals surface area contributed by atoms with Gasteiger partial charge >= 0.3 is 0 Å². The molecule has 2 aromatic carbocycles. The minimum absolute atomic E-state index is 0.147. The van der Waals surface area contributed by atoms with Crippen LogP contribution in [0.5, 0.6) is 5.75 Å². The maximum atomic E-state index is 12.7. The predicted octanol–water partition coefficient (Wildman–Crippen LogP) is 3.05. The zero-order valence-corrected chi connectivity index (χ0v) is 17.3. The van der Waals surface area contributed by atoms with Crippen molar-refractivity contribution in [2.24, 2.45) is 5.73 Å². The number of nitrogens with zero attached hydrogens (tertiary/aromatic N) is 1. The number of nitrogens with one attached hydrogen (secondary N) is 1. The number of rotatable bonds is 8. The minimum atomic E-state index is -0.528. The molecular formula is C20H22BrN3O4. The number of amides is 3. The van der Waals surface area contributed by atoms with Crippen molar-refractivity contribution in [2.45, 2.75) is 13.3 Å². The van der Waals surface area contributed by atoms with Gasteiger partial charge < -0.3 is 20.7 Å². The summed E-state index contributed by atoms with van der Waals surface area (Å²) in [6, 6.07) is 11.4. The van der Waals surface area contributed by atoms with Crippen LogP contribution in [0.4, 0.5) is 5.69 Å². The minimum Gasteiger partial charge on any atom is -0.496 e. The third-order valence-electron chi connectivity index (χ3n) is 4.13. The van der Waals surface area contributed by atoms with Crippen molar-refractivity contribution in [3.05, 3.63) is 58.1 Å². The summed E-state index contributed by atoms with van der Waals surface area (Å²) in [6.45, 7) is 2.62. The van der Waals surface area contributed by atoms with E-state index >= 15 is 0 Å². The van der Waals surface area contributed by atoms with Gasteiger partial charge in [0.15, 0.2) is 0 Å². The number of primary amides is 1. The lowest BCUT2D eigenvalue weighted by molar-refractivity contribution is -0.116. The first-order valence-electron chi connectivity index (χ1n) is 8.68. The number of carbonyl (C=O) groups excluding carboxylic acids is 3. The second kappa shape index (κ2) is 9.89. The molecule has 0 aliphatic rings. The number of ether oxygens (including phenoxy) is 1. The van der Waals surface area contributed by atoms with Crippen LogP contribution in [0.25, 0.3) is 0 Å². The van der Waals surface area contributed by atoms with Crippen LogP contribution in [0.15, 0.2) is 46.9 Å². The molecule has 0 heterocycles. The van der Waals surface area contributed by atoms with E-state index in [0.29, 0.717) is 33.6 Å². The molecule has 148 valence electrons. The van der Waals surface area contributed by atoms with Gasteiger partial charge in [0.25, 0.3) is 5.91 Å². The highest BCUT2D eigenvalue weighted by Gasteiger charge is 2.17. The summed E-state index contributed by atoms with van der Waals surface area (Å²) in [5.41, 5.74) is 6.63. The third kappa shape index (κ3) is 5.56. The average Bonchev–Trinajstić information content (AvgIpc) is 2.68. The molecule has 0 aliphatic carbocycles. The van der Waals surface area contributed by atoms with Gasteiger partial charge in [-0.15, -0.1) is 0 Å². The van der Waals surface area contributed by atoms with Crippen molar-refractivity contribution in [2.75, 3.05) is 25.5 Å². The first kappa shape index (κ1) is 21.4. The lowest BCUT2D eigenvalue weighted by atomic mass is 10.1. The Kier molecular flexibility index (Phi) is 7.57. The molecule has 3 amide bonds. The number of halogens is 1. The topological polar surface area (TPSA) is 102 Å². The zero-order chi connectivity index (χ0) is 20.7. The summed E-state index contributed by atoms with van der Waals surface area (Å²) in [5.74, 6) is -0.278. The molecule has 2 rings (SSSR count). The molecule has 0 unspecified atom stereocenters. The smallest absolute Gasteiger partial charge is 0.253 e. The van der Waals surface area contributed by atoms with Crippen LogP contribution in [0, 0.1) is 0 Å². The standard InChI is InChI=1S/C20H22BrN3O4/c1-3-24(20(27)14-6-9-17(28-2)16(21)12-14)11-10-18(25)23-15-7-4-13(5-8-15)19(22)26/h4-9,12H,3,10-11H2,1-2H3,(H2,22,26)(H,23,25). The van der Waals surface area contributed by atoms with Crippen LogP contribution >= 0.6 is 15.9 Å². The first-order valence-corrected chi connectivity index (χ1v) is 9.47. The highest BCUT2D eigenvalue weighted by atomic mass is 79.9. The Balaban J connectivity index is 1.95. The van der Waals surface area contributed by atoms with E-state index in [1.165, 1.54) is 0 Å². The van der Waals surface area contributed by atoms with Gasteiger partial charge in [-0.3, -0.25) is 14.4 Å². The Morgan fingerprint density at radius 1 is 1.11 bits per heavy atom. The molecule has 28 heavy (non-hydrogen) atoms. The van der Waals surface area contributed by atoms with Crippen LogP contribution in [0.2, 0.25) is 0 Å². The van der Waals surface area contributed by atoms with E-state index in [4.69, 9.17) is 10.5 Å². The Bertz CT molecular complexity index is 868. The Morgan fingerprint density at radius 2 is 1.75 bits per heavy atom. The summed E-state index contributed by atoms with van der Waals surface area (Å²) in [5, 5.41) is 2.74. The van der Waals surface area contributed by atoms with Crippen molar-refractivity contribution in [1.29, 1.82) is 0 Å². The van der Waals surface area contributed by atoms with Crippen LogP contribution < -0.4 is 15.8 Å². The number of nitrogens with two attached hydrogens (primary N) is 1. The summed E-state index contributed by atoms with van der Waals surface area (Å²) >= 11 is 3.37. The Morgan fingerprint density at radius 3 is 2.29 bits per heavy atom. The van der Waals surface area contributed by atoms with Crippen molar-refractivity contribution in [3.8, 4) is 5.75 Å². The van der Waals surface area contributed by atoms with E-state index < -0.39 is 5.91 Å². The van der Waals surface area contributed by atoms with E-state index in [2.05, 4.69) is 21.2 Å². The molecular weight excluding hydrogens is 426 g/mol. The highest BCUT2D eigenvalue weighted by molar-refractivity contribution is 9.10. The van der Waals surface area contributed by atoms with Crippen molar-refractivity contribution >= 4 is 39.3 Å². The quantitative estimate of drug-likeness (QED) is 0.648. The lowest BCUT2D eigenvalue weighted by Gasteiger charge is -2.21. The van der Waals surface area contributed by atoms with Crippen molar-refractivity contribution in [3.63, 3.8) is 0 Å². The van der Waals surface area contributed by atoms with Gasteiger partial charge in [0, 0.05) is 36.3 Å². The number of benzene rings is 2. The van der Waals surface area contributed by atoms with Gasteiger partial charge in [-0.05, 0) is 65.3 Å². The third-order valence-corrected chi connectivity index (χ3v) is 4.75. The molecule has 3 N–H and O–H groups in total. The number of hydrogen-bond donors (Lipinski definition) is 2. The van der Waals surface area contributed by atoms with Crippen LogP contribution in [-0.4, -0.2) is 42.8 Å². The van der Waals surface area contributed by atoms with E-state index in [9.17, 15) is 14.4 Å². The van der Waals surface area contributed by atoms with Gasteiger partial charge in [-0.25, -0.2) is 0 Å². The number of carbonyl (C=O) groups is 3. The molecule has 0 fully saturated rings. The van der Waals surface area contributed by atoms with Gasteiger partial charge in [-0.1, -0.05) is 0 Å². The predicted molar refractivity (Wildman–Crippen MR) is 110 cm³/mol. The van der Waals surface area contributed by atoms with Gasteiger partial charge in [0.2, 0.25) is 11.8 Å². The molecule has 0 aromatic heterocycles. The molecule has 0 spiro atoms. The second-order valence-electron chi connectivity index (χ2n) is 5.97. The largest absolute Gasteiger partial charge is 0.496 e. The zero-order valence-electron chi connectivity index (χ0n) is 15.7. The number of methoxy groups -OCH3 is 1. The molecule has 8 heteroatoms. The van der Waals surface area contributed by atoms with Crippen LogP contribution in [0.3, 0.4) is 0 Å². The van der Waals surface area contributed by atoms with Gasteiger partial charge in [0.1, 0.15) is 5.75 Å². The summed E-state index contributed by atoms with van der Waals surface area (Å²) < 4.78 is 5.86. The van der Waals surface area contributed by atoms with E-state index in [1.807, 2.05) is 6.92 Å². The molecule has 0 saturated carbocycles. The molecule has 2 aromatic rings. The molecule has 0 bridgehead atoms. The number of anilines is 1. The molecule has 0 aliphatic heterocycles. The molecule has 7 nitrogen and oxygen atoms in total. The highest BCUT2D eigenvalue weighted by Crippen LogP contribution is 2.26. The lowest BCUT2D eigenvalue weighted by Crippen LogP contribution is -2.33. The summed E-state index contributed by atoms with van der Waals surface area (Å²) in [7, 11) is 1.56. The van der Waals surface area contributed by atoms with E-state index in [-0.39, 0.29) is 24.8 Å². The monoisotopic (exact) mass is 447 g/mol. The van der Waals surface area contributed by atoms with Crippen LogP contribution in [-0.2, 0) is 4.79 Å².